The molecule has 1 N–H and O–H groups in total. The number of methoxy groups -OCH3 is 2. The number of carbonyl (C=O) groups excluding carboxylic acids is 2. The van der Waals surface area contributed by atoms with Crippen LogP contribution in [0.4, 0.5) is 0 Å². The Hall–Kier alpha value is -3.05. The van der Waals surface area contributed by atoms with E-state index in [4.69, 9.17) is 21.1 Å². The van der Waals surface area contributed by atoms with Crippen LogP contribution in [-0.2, 0) is 16.0 Å². The number of nitrogens with one attached hydrogen (secondary N) is 1. The van der Waals surface area contributed by atoms with Crippen molar-refractivity contribution in [1.29, 1.82) is 0 Å². The number of carbonyl (C=O) groups is 2. The number of hydrogen-bond acceptors (Lipinski definition) is 4. The van der Waals surface area contributed by atoms with Crippen LogP contribution < -0.4 is 10.1 Å². The first kappa shape index (κ1) is 19.7. The minimum Gasteiger partial charge on any atom is -0.495 e. The summed E-state index contributed by atoms with van der Waals surface area (Å²) in [4.78, 5) is 25.1. The number of halogens is 1. The zero-order valence-electron chi connectivity index (χ0n) is 15.6. The second kappa shape index (κ2) is 8.76. The molecule has 3 aromatic carbocycles. The zero-order chi connectivity index (χ0) is 20.1. The average Bonchev–Trinajstić information content (AvgIpc) is 2.72. The first-order chi connectivity index (χ1) is 13.5. The molecule has 0 radical (unpaired) electrons. The topological polar surface area (TPSA) is 64.6 Å². The van der Waals surface area contributed by atoms with E-state index in [1.807, 2.05) is 36.4 Å². The van der Waals surface area contributed by atoms with Crippen LogP contribution in [0.3, 0.4) is 0 Å². The summed E-state index contributed by atoms with van der Waals surface area (Å²) in [7, 11) is 2.82. The van der Waals surface area contributed by atoms with Crippen LogP contribution >= 0.6 is 11.6 Å². The fraction of sp³-hybridized carbons (Fsp3) is 0.182. The molecule has 0 fully saturated rings. The molecule has 6 heteroatoms. The van der Waals surface area contributed by atoms with Gasteiger partial charge in [-0.2, -0.15) is 0 Å². The van der Waals surface area contributed by atoms with Gasteiger partial charge in [0.05, 0.1) is 19.2 Å². The fourth-order valence-corrected chi connectivity index (χ4v) is 3.35. The highest BCUT2D eigenvalue weighted by molar-refractivity contribution is 6.32. The van der Waals surface area contributed by atoms with Gasteiger partial charge in [0.25, 0.3) is 5.91 Å². The molecule has 0 saturated carbocycles. The molecule has 3 rings (SSSR count). The molecule has 0 unspecified atom stereocenters. The van der Waals surface area contributed by atoms with Gasteiger partial charge in [-0.15, -0.1) is 0 Å². The number of rotatable bonds is 6. The third-order valence-corrected chi connectivity index (χ3v) is 4.78. The number of ether oxygens (including phenoxy) is 2. The summed E-state index contributed by atoms with van der Waals surface area (Å²) in [6.45, 7) is 0. The molecule has 28 heavy (non-hydrogen) atoms. The molecule has 0 saturated heterocycles. The molecule has 0 aromatic heterocycles. The molecule has 0 heterocycles. The zero-order valence-corrected chi connectivity index (χ0v) is 16.3. The SMILES string of the molecule is COC(=O)[C@@H](Cc1ccc(OC)c(Cl)c1)NC(=O)c1cccc2ccccc12. The number of benzene rings is 3. The van der Waals surface area contributed by atoms with E-state index in [2.05, 4.69) is 5.32 Å². The quantitative estimate of drug-likeness (QED) is 0.638. The molecular formula is C22H20ClNO4. The largest absolute Gasteiger partial charge is 0.495 e. The summed E-state index contributed by atoms with van der Waals surface area (Å²) >= 11 is 6.16. The molecule has 144 valence electrons. The van der Waals surface area contributed by atoms with Crippen LogP contribution in [0.5, 0.6) is 5.75 Å². The van der Waals surface area contributed by atoms with Crippen molar-refractivity contribution in [3.63, 3.8) is 0 Å². The Bertz CT molecular complexity index is 1010. The van der Waals surface area contributed by atoms with E-state index in [0.717, 1.165) is 16.3 Å². The molecule has 0 aliphatic heterocycles. The maximum absolute atomic E-state index is 12.9. The Kier molecular flexibility index (Phi) is 6.16. The summed E-state index contributed by atoms with van der Waals surface area (Å²) in [6, 6.07) is 17.5. The fourth-order valence-electron chi connectivity index (χ4n) is 3.07. The standard InChI is InChI=1S/C22H20ClNO4/c1-27-20-11-10-14(12-18(20)23)13-19(22(26)28-2)24-21(25)17-9-5-7-15-6-3-4-8-16(15)17/h3-12,19H,13H2,1-2H3,(H,24,25)/t19-/m1/s1. The first-order valence-corrected chi connectivity index (χ1v) is 9.10. The van der Waals surface area contributed by atoms with Gasteiger partial charge in [0.15, 0.2) is 0 Å². The van der Waals surface area contributed by atoms with Gasteiger partial charge in [0.2, 0.25) is 0 Å². The minimum absolute atomic E-state index is 0.243. The van der Waals surface area contributed by atoms with Gasteiger partial charge in [0.1, 0.15) is 11.8 Å². The molecule has 1 atom stereocenters. The summed E-state index contributed by atoms with van der Waals surface area (Å²) < 4.78 is 10.0. The molecule has 0 spiro atoms. The van der Waals surface area contributed by atoms with Gasteiger partial charge in [-0.3, -0.25) is 4.79 Å². The number of fused-ring (bicyclic) bond motifs is 1. The lowest BCUT2D eigenvalue weighted by molar-refractivity contribution is -0.142. The van der Waals surface area contributed by atoms with Crippen molar-refractivity contribution >= 4 is 34.2 Å². The lowest BCUT2D eigenvalue weighted by Gasteiger charge is -2.18. The van der Waals surface area contributed by atoms with Crippen LogP contribution in [-0.4, -0.2) is 32.1 Å². The van der Waals surface area contributed by atoms with Gasteiger partial charge in [0, 0.05) is 12.0 Å². The maximum atomic E-state index is 12.9. The molecule has 0 aliphatic carbocycles. The minimum atomic E-state index is -0.846. The van der Waals surface area contributed by atoms with E-state index in [1.54, 1.807) is 24.3 Å². The van der Waals surface area contributed by atoms with Gasteiger partial charge in [-0.1, -0.05) is 54.1 Å². The second-order valence-electron chi connectivity index (χ2n) is 6.25. The van der Waals surface area contributed by atoms with Crippen LogP contribution in [0.2, 0.25) is 5.02 Å². The van der Waals surface area contributed by atoms with E-state index in [-0.39, 0.29) is 12.3 Å². The number of esters is 1. The molecule has 1 amide bonds. The first-order valence-electron chi connectivity index (χ1n) is 8.72. The predicted octanol–water partition coefficient (Wildman–Crippen LogP) is 4.02. The van der Waals surface area contributed by atoms with Crippen molar-refractivity contribution in [2.45, 2.75) is 12.5 Å². The predicted molar refractivity (Wildman–Crippen MR) is 109 cm³/mol. The van der Waals surface area contributed by atoms with Crippen LogP contribution in [0.25, 0.3) is 10.8 Å². The number of hydrogen-bond donors (Lipinski definition) is 1. The van der Waals surface area contributed by atoms with Gasteiger partial charge < -0.3 is 14.8 Å². The highest BCUT2D eigenvalue weighted by atomic mass is 35.5. The van der Waals surface area contributed by atoms with Crippen molar-refractivity contribution in [1.82, 2.24) is 5.32 Å². The van der Waals surface area contributed by atoms with E-state index in [9.17, 15) is 9.59 Å². The van der Waals surface area contributed by atoms with E-state index >= 15 is 0 Å². The second-order valence-corrected chi connectivity index (χ2v) is 6.66. The van der Waals surface area contributed by atoms with Gasteiger partial charge in [-0.05, 0) is 34.5 Å². The Balaban J connectivity index is 1.85. The number of amides is 1. The Morgan fingerprint density at radius 2 is 1.79 bits per heavy atom. The van der Waals surface area contributed by atoms with Gasteiger partial charge in [-0.25, -0.2) is 4.79 Å². The Labute approximate surface area is 168 Å². The van der Waals surface area contributed by atoms with Crippen molar-refractivity contribution in [3.8, 4) is 5.75 Å². The smallest absolute Gasteiger partial charge is 0.328 e. The molecule has 0 bridgehead atoms. The summed E-state index contributed by atoms with van der Waals surface area (Å²) in [6.07, 6.45) is 0.243. The van der Waals surface area contributed by atoms with Gasteiger partial charge >= 0.3 is 5.97 Å². The average molecular weight is 398 g/mol. The summed E-state index contributed by atoms with van der Waals surface area (Å²) in [5, 5.41) is 4.99. The lowest BCUT2D eigenvalue weighted by atomic mass is 10.0. The Morgan fingerprint density at radius 1 is 1.04 bits per heavy atom. The van der Waals surface area contributed by atoms with Crippen LogP contribution in [0.1, 0.15) is 15.9 Å². The maximum Gasteiger partial charge on any atom is 0.328 e. The summed E-state index contributed by atoms with van der Waals surface area (Å²) in [5.41, 5.74) is 1.28. The van der Waals surface area contributed by atoms with Crippen molar-refractivity contribution in [2.24, 2.45) is 0 Å². The molecular weight excluding hydrogens is 378 g/mol. The molecule has 5 nitrogen and oxygen atoms in total. The summed E-state index contributed by atoms with van der Waals surface area (Å²) in [5.74, 6) is -0.327. The van der Waals surface area contributed by atoms with Crippen molar-refractivity contribution in [3.05, 3.63) is 76.8 Å². The van der Waals surface area contributed by atoms with Crippen LogP contribution in [0.15, 0.2) is 60.7 Å². The van der Waals surface area contributed by atoms with Crippen molar-refractivity contribution in [2.75, 3.05) is 14.2 Å². The van der Waals surface area contributed by atoms with E-state index < -0.39 is 12.0 Å². The molecule has 0 aliphatic rings. The third kappa shape index (κ3) is 4.26. The lowest BCUT2D eigenvalue weighted by Crippen LogP contribution is -2.43. The molecule has 3 aromatic rings. The third-order valence-electron chi connectivity index (χ3n) is 4.48. The highest BCUT2D eigenvalue weighted by Crippen LogP contribution is 2.25. The van der Waals surface area contributed by atoms with Crippen LogP contribution in [0, 0.1) is 0 Å². The normalized spacial score (nSPS) is 11.7. The van der Waals surface area contributed by atoms with E-state index in [1.165, 1.54) is 14.2 Å². The monoisotopic (exact) mass is 397 g/mol. The Morgan fingerprint density at radius 3 is 2.50 bits per heavy atom. The van der Waals surface area contributed by atoms with Crippen molar-refractivity contribution < 1.29 is 19.1 Å². The van der Waals surface area contributed by atoms with E-state index in [0.29, 0.717) is 16.3 Å². The highest BCUT2D eigenvalue weighted by Gasteiger charge is 2.23.